The molecular formula is C24H20O5. The van der Waals surface area contributed by atoms with Gasteiger partial charge in [-0.25, -0.2) is 4.79 Å². The van der Waals surface area contributed by atoms with E-state index in [1.807, 2.05) is 24.3 Å². The van der Waals surface area contributed by atoms with Gasteiger partial charge in [0.2, 0.25) is 0 Å². The van der Waals surface area contributed by atoms with Gasteiger partial charge in [-0.1, -0.05) is 24.3 Å². The zero-order valence-electron chi connectivity index (χ0n) is 16.1. The van der Waals surface area contributed by atoms with Crippen molar-refractivity contribution in [2.75, 3.05) is 14.2 Å². The van der Waals surface area contributed by atoms with Crippen LogP contribution < -0.4 is 9.47 Å². The molecule has 0 saturated carbocycles. The number of hydrogen-bond acceptors (Lipinski definition) is 5. The lowest BCUT2D eigenvalue weighted by atomic mass is 10.0. The molecule has 3 aromatic rings. The number of carbonyl (C=O) groups excluding carboxylic acids is 2. The molecule has 0 unspecified atom stereocenters. The van der Waals surface area contributed by atoms with Gasteiger partial charge in [-0.15, -0.1) is 0 Å². The Hall–Kier alpha value is -3.86. The molecule has 3 aromatic carbocycles. The van der Waals surface area contributed by atoms with Crippen molar-refractivity contribution in [2.45, 2.75) is 0 Å². The molecule has 0 aliphatic rings. The van der Waals surface area contributed by atoms with Crippen LogP contribution in [-0.2, 0) is 9.53 Å². The van der Waals surface area contributed by atoms with Crippen LogP contribution in [-0.4, -0.2) is 26.5 Å². The molecule has 5 nitrogen and oxygen atoms in total. The summed E-state index contributed by atoms with van der Waals surface area (Å²) in [7, 11) is 2.94. The first-order valence-corrected chi connectivity index (χ1v) is 8.90. The molecule has 146 valence electrons. The Morgan fingerprint density at radius 1 is 0.793 bits per heavy atom. The molecule has 0 aliphatic carbocycles. The molecule has 0 spiro atoms. The van der Waals surface area contributed by atoms with Gasteiger partial charge >= 0.3 is 5.97 Å². The minimum absolute atomic E-state index is 0.419. The van der Waals surface area contributed by atoms with Crippen LogP contribution in [0.1, 0.15) is 21.5 Å². The molecule has 0 heterocycles. The Morgan fingerprint density at radius 2 is 1.45 bits per heavy atom. The number of ether oxygens (including phenoxy) is 3. The summed E-state index contributed by atoms with van der Waals surface area (Å²) in [4.78, 5) is 23.1. The van der Waals surface area contributed by atoms with Gasteiger partial charge in [0.05, 0.1) is 19.8 Å². The lowest BCUT2D eigenvalue weighted by Gasteiger charge is -2.09. The zero-order valence-corrected chi connectivity index (χ0v) is 16.1. The molecule has 0 amide bonds. The molecule has 0 aliphatic heterocycles. The van der Waals surface area contributed by atoms with Gasteiger partial charge in [0, 0.05) is 5.56 Å². The van der Waals surface area contributed by atoms with Crippen LogP contribution in [0.15, 0.2) is 72.8 Å². The van der Waals surface area contributed by atoms with Gasteiger partial charge in [0.15, 0.2) is 0 Å². The summed E-state index contributed by atoms with van der Waals surface area (Å²) in [5.74, 6) is 1.49. The van der Waals surface area contributed by atoms with Crippen molar-refractivity contribution in [3.63, 3.8) is 0 Å². The fourth-order valence-corrected chi connectivity index (χ4v) is 2.72. The van der Waals surface area contributed by atoms with Crippen LogP contribution in [0.4, 0.5) is 0 Å². The van der Waals surface area contributed by atoms with Gasteiger partial charge < -0.3 is 14.2 Å². The lowest BCUT2D eigenvalue weighted by molar-refractivity contribution is -0.133. The highest BCUT2D eigenvalue weighted by molar-refractivity contribution is 6.21. The van der Waals surface area contributed by atoms with E-state index in [-0.39, 0.29) is 0 Å². The molecule has 0 N–H and O–H groups in total. The van der Waals surface area contributed by atoms with Crippen molar-refractivity contribution in [3.8, 4) is 17.2 Å². The number of hydrogen-bond donors (Lipinski definition) is 0. The molecule has 3 rings (SSSR count). The fraction of sp³-hybridized carbons (Fsp3) is 0.0833. The average Bonchev–Trinajstić information content (AvgIpc) is 2.78. The highest BCUT2D eigenvalue weighted by Crippen LogP contribution is 2.26. The monoisotopic (exact) mass is 388 g/mol. The van der Waals surface area contributed by atoms with E-state index in [4.69, 9.17) is 14.2 Å². The maximum Gasteiger partial charge on any atom is 0.338 e. The molecular weight excluding hydrogens is 368 g/mol. The highest BCUT2D eigenvalue weighted by atomic mass is 16.5. The number of rotatable bonds is 7. The van der Waals surface area contributed by atoms with Gasteiger partial charge in [0.25, 0.3) is 0 Å². The molecule has 0 bridgehead atoms. The number of methoxy groups -OCH3 is 2. The molecule has 0 atom stereocenters. The van der Waals surface area contributed by atoms with Crippen molar-refractivity contribution in [2.24, 2.45) is 0 Å². The standard InChI is InChI=1S/C24H20O5/c1-27-22-5-3-4-18(14-22)15-23(24(26)28-2)19-8-12-21(13-9-19)29-20-10-6-17(16-25)7-11-20/h3-16H,1-2H3/b23-15+. The quantitative estimate of drug-likeness (QED) is 0.246. The first-order chi connectivity index (χ1) is 14.1. The summed E-state index contributed by atoms with van der Waals surface area (Å²) >= 11 is 0. The van der Waals surface area contributed by atoms with E-state index in [9.17, 15) is 9.59 Å². The first-order valence-electron chi connectivity index (χ1n) is 8.90. The van der Waals surface area contributed by atoms with E-state index in [1.165, 1.54) is 7.11 Å². The Labute approximate surface area is 169 Å². The van der Waals surface area contributed by atoms with E-state index >= 15 is 0 Å². The normalized spacial score (nSPS) is 10.9. The number of esters is 1. The maximum absolute atomic E-state index is 12.3. The smallest absolute Gasteiger partial charge is 0.338 e. The third kappa shape index (κ3) is 5.11. The van der Waals surface area contributed by atoms with Crippen molar-refractivity contribution in [1.82, 2.24) is 0 Å². The van der Waals surface area contributed by atoms with Gasteiger partial charge in [0.1, 0.15) is 23.5 Å². The largest absolute Gasteiger partial charge is 0.497 e. The maximum atomic E-state index is 12.3. The van der Waals surface area contributed by atoms with Crippen molar-refractivity contribution in [1.29, 1.82) is 0 Å². The first kappa shape index (κ1) is 19.9. The second kappa shape index (κ2) is 9.37. The summed E-state index contributed by atoms with van der Waals surface area (Å²) in [6, 6.07) is 21.3. The molecule has 29 heavy (non-hydrogen) atoms. The number of aldehydes is 1. The molecule has 0 fully saturated rings. The van der Waals surface area contributed by atoms with Crippen LogP contribution in [0, 0.1) is 0 Å². The Balaban J connectivity index is 1.85. The molecule has 0 aromatic heterocycles. The third-order valence-electron chi connectivity index (χ3n) is 4.23. The summed E-state index contributed by atoms with van der Waals surface area (Å²) in [6.07, 6.45) is 2.53. The third-order valence-corrected chi connectivity index (χ3v) is 4.23. The number of carbonyl (C=O) groups is 2. The predicted molar refractivity (Wildman–Crippen MR) is 111 cm³/mol. The molecule has 5 heteroatoms. The van der Waals surface area contributed by atoms with Crippen molar-refractivity contribution < 1.29 is 23.8 Å². The summed E-state index contributed by atoms with van der Waals surface area (Å²) < 4.78 is 16.0. The van der Waals surface area contributed by atoms with Crippen LogP contribution >= 0.6 is 0 Å². The fourth-order valence-electron chi connectivity index (χ4n) is 2.72. The molecule has 0 saturated heterocycles. The van der Waals surface area contributed by atoms with Crippen LogP contribution in [0.5, 0.6) is 17.2 Å². The topological polar surface area (TPSA) is 61.8 Å². The van der Waals surface area contributed by atoms with Crippen molar-refractivity contribution in [3.05, 3.63) is 89.5 Å². The van der Waals surface area contributed by atoms with E-state index in [1.54, 1.807) is 61.7 Å². The van der Waals surface area contributed by atoms with Gasteiger partial charge in [-0.05, 0) is 65.7 Å². The summed E-state index contributed by atoms with van der Waals surface area (Å²) in [5.41, 5.74) is 2.52. The zero-order chi connectivity index (χ0) is 20.6. The summed E-state index contributed by atoms with van der Waals surface area (Å²) in [5, 5.41) is 0. The second-order valence-corrected chi connectivity index (χ2v) is 6.14. The van der Waals surface area contributed by atoms with E-state index in [0.717, 1.165) is 11.8 Å². The Bertz CT molecular complexity index is 1020. The van der Waals surface area contributed by atoms with E-state index in [2.05, 4.69) is 0 Å². The summed E-state index contributed by atoms with van der Waals surface area (Å²) in [6.45, 7) is 0. The Kier molecular flexibility index (Phi) is 6.43. The van der Waals surface area contributed by atoms with E-state index < -0.39 is 5.97 Å². The van der Waals surface area contributed by atoms with Crippen molar-refractivity contribution >= 4 is 23.9 Å². The highest BCUT2D eigenvalue weighted by Gasteiger charge is 2.13. The van der Waals surface area contributed by atoms with Crippen LogP contribution in [0.25, 0.3) is 11.6 Å². The van der Waals surface area contributed by atoms with Crippen LogP contribution in [0.3, 0.4) is 0 Å². The van der Waals surface area contributed by atoms with Gasteiger partial charge in [-0.3, -0.25) is 4.79 Å². The lowest BCUT2D eigenvalue weighted by Crippen LogP contribution is -2.04. The van der Waals surface area contributed by atoms with Crippen LogP contribution in [0.2, 0.25) is 0 Å². The average molecular weight is 388 g/mol. The minimum Gasteiger partial charge on any atom is -0.497 e. The van der Waals surface area contributed by atoms with Gasteiger partial charge in [-0.2, -0.15) is 0 Å². The molecule has 0 radical (unpaired) electrons. The number of benzene rings is 3. The predicted octanol–water partition coefficient (Wildman–Crippen LogP) is 5.01. The minimum atomic E-state index is -0.439. The van der Waals surface area contributed by atoms with E-state index in [0.29, 0.717) is 33.9 Å². The Morgan fingerprint density at radius 3 is 2.03 bits per heavy atom. The second-order valence-electron chi connectivity index (χ2n) is 6.14. The SMILES string of the molecule is COC(=O)/C(=C/c1cccc(OC)c1)c1ccc(Oc2ccc(C=O)cc2)cc1.